The van der Waals surface area contributed by atoms with E-state index in [0.29, 0.717) is 21.7 Å². The van der Waals surface area contributed by atoms with Gasteiger partial charge in [-0.25, -0.2) is 4.98 Å². The van der Waals surface area contributed by atoms with E-state index in [1.165, 1.54) is 16.4 Å². The standard InChI is InChI=1S/C24H25ClN4O3/c1-16(30)29(19-10-3-2-4-11-19)23-24(32)28(21-13-6-5-12-20(21)27-23)15-22(31)26-18-9-7-8-17(25)14-18/h5-9,12-14,19H,2-4,10-11,15H2,1H3,(H,26,31). The third-order valence-corrected chi connectivity index (χ3v) is 5.99. The maximum Gasteiger partial charge on any atom is 0.294 e. The zero-order valence-electron chi connectivity index (χ0n) is 17.9. The lowest BCUT2D eigenvalue weighted by molar-refractivity contribution is -0.117. The zero-order chi connectivity index (χ0) is 22.7. The summed E-state index contributed by atoms with van der Waals surface area (Å²) in [6.07, 6.45) is 4.82. The number of carbonyl (C=O) groups is 2. The molecule has 8 heteroatoms. The molecule has 0 saturated heterocycles. The van der Waals surface area contributed by atoms with E-state index in [1.54, 1.807) is 42.5 Å². The number of para-hydroxylation sites is 2. The van der Waals surface area contributed by atoms with Crippen LogP contribution >= 0.6 is 11.6 Å². The minimum Gasteiger partial charge on any atom is -0.324 e. The van der Waals surface area contributed by atoms with E-state index in [4.69, 9.17) is 11.6 Å². The minimum atomic E-state index is -0.453. The van der Waals surface area contributed by atoms with Crippen LogP contribution in [0.25, 0.3) is 11.0 Å². The Labute approximate surface area is 191 Å². The Hall–Kier alpha value is -3.19. The van der Waals surface area contributed by atoms with Gasteiger partial charge < -0.3 is 5.32 Å². The fraction of sp³-hybridized carbons (Fsp3) is 0.333. The third-order valence-electron chi connectivity index (χ3n) is 5.75. The fourth-order valence-corrected chi connectivity index (χ4v) is 4.51. The molecule has 2 aromatic carbocycles. The van der Waals surface area contributed by atoms with Gasteiger partial charge in [-0.3, -0.25) is 23.9 Å². The van der Waals surface area contributed by atoms with Gasteiger partial charge in [-0.2, -0.15) is 0 Å². The molecule has 1 saturated carbocycles. The monoisotopic (exact) mass is 452 g/mol. The highest BCUT2D eigenvalue weighted by molar-refractivity contribution is 6.30. The van der Waals surface area contributed by atoms with E-state index < -0.39 is 5.56 Å². The van der Waals surface area contributed by atoms with Crippen molar-refractivity contribution in [2.75, 3.05) is 10.2 Å². The Balaban J connectivity index is 1.74. The van der Waals surface area contributed by atoms with Gasteiger partial charge in [-0.15, -0.1) is 0 Å². The van der Waals surface area contributed by atoms with Crippen LogP contribution in [0.5, 0.6) is 0 Å². The van der Waals surface area contributed by atoms with Gasteiger partial charge in [-0.1, -0.05) is 49.1 Å². The number of carbonyl (C=O) groups excluding carboxylic acids is 2. The molecule has 3 aromatic rings. The van der Waals surface area contributed by atoms with Crippen LogP contribution in [-0.4, -0.2) is 27.4 Å². The minimum absolute atomic E-state index is 0.0589. The van der Waals surface area contributed by atoms with Gasteiger partial charge >= 0.3 is 0 Å². The van der Waals surface area contributed by atoms with Gasteiger partial charge in [0.1, 0.15) is 6.54 Å². The second-order valence-electron chi connectivity index (χ2n) is 8.05. The number of hydrogen-bond acceptors (Lipinski definition) is 4. The number of fused-ring (bicyclic) bond motifs is 1. The first-order valence-electron chi connectivity index (χ1n) is 10.8. The summed E-state index contributed by atoms with van der Waals surface area (Å²) in [6, 6.07) is 13.9. The van der Waals surface area contributed by atoms with Crippen molar-refractivity contribution in [3.05, 3.63) is 63.9 Å². The van der Waals surface area contributed by atoms with Gasteiger partial charge in [0.2, 0.25) is 17.6 Å². The van der Waals surface area contributed by atoms with E-state index in [2.05, 4.69) is 10.3 Å². The highest BCUT2D eigenvalue weighted by Crippen LogP contribution is 2.26. The summed E-state index contributed by atoms with van der Waals surface area (Å²) in [4.78, 5) is 45.0. The van der Waals surface area contributed by atoms with Crippen LogP contribution < -0.4 is 15.8 Å². The molecular weight excluding hydrogens is 428 g/mol. The van der Waals surface area contributed by atoms with Gasteiger partial charge in [0.05, 0.1) is 11.0 Å². The molecule has 1 aliphatic rings. The smallest absolute Gasteiger partial charge is 0.294 e. The van der Waals surface area contributed by atoms with Gasteiger partial charge in [0, 0.05) is 23.7 Å². The van der Waals surface area contributed by atoms with Crippen molar-refractivity contribution in [2.24, 2.45) is 0 Å². The van der Waals surface area contributed by atoms with Gasteiger partial charge in [-0.05, 0) is 43.2 Å². The lowest BCUT2D eigenvalue weighted by Crippen LogP contribution is -2.45. The molecule has 0 bridgehead atoms. The van der Waals surface area contributed by atoms with Gasteiger partial charge in [0.25, 0.3) is 5.56 Å². The number of aromatic nitrogens is 2. The van der Waals surface area contributed by atoms with Crippen LogP contribution in [0, 0.1) is 0 Å². The van der Waals surface area contributed by atoms with Crippen molar-refractivity contribution >= 4 is 46.0 Å². The summed E-state index contributed by atoms with van der Waals surface area (Å²) in [5, 5.41) is 3.28. The molecule has 0 atom stereocenters. The average Bonchev–Trinajstić information content (AvgIpc) is 2.77. The summed E-state index contributed by atoms with van der Waals surface area (Å²) in [5.74, 6) is -0.505. The second kappa shape index (κ2) is 9.53. The number of benzene rings is 2. The van der Waals surface area contributed by atoms with E-state index in [9.17, 15) is 14.4 Å². The molecule has 1 aliphatic carbocycles. The lowest BCUT2D eigenvalue weighted by Gasteiger charge is -2.32. The number of halogens is 1. The molecular formula is C24H25ClN4O3. The number of rotatable bonds is 5. The quantitative estimate of drug-likeness (QED) is 0.622. The predicted molar refractivity (Wildman–Crippen MR) is 126 cm³/mol. The fourth-order valence-electron chi connectivity index (χ4n) is 4.32. The topological polar surface area (TPSA) is 84.3 Å². The van der Waals surface area contributed by atoms with Crippen molar-refractivity contribution in [3.63, 3.8) is 0 Å². The third kappa shape index (κ3) is 4.67. The van der Waals surface area contributed by atoms with Crippen molar-refractivity contribution in [1.82, 2.24) is 9.55 Å². The number of amides is 2. The molecule has 7 nitrogen and oxygen atoms in total. The highest BCUT2D eigenvalue weighted by atomic mass is 35.5. The van der Waals surface area contributed by atoms with Crippen LogP contribution in [0.3, 0.4) is 0 Å². The summed E-state index contributed by atoms with van der Waals surface area (Å²) in [6.45, 7) is 1.25. The molecule has 4 rings (SSSR count). The zero-order valence-corrected chi connectivity index (χ0v) is 18.6. The summed E-state index contributed by atoms with van der Waals surface area (Å²) >= 11 is 6.00. The van der Waals surface area contributed by atoms with Crippen LogP contribution in [0.4, 0.5) is 11.5 Å². The largest absolute Gasteiger partial charge is 0.324 e. The van der Waals surface area contributed by atoms with Gasteiger partial charge in [0.15, 0.2) is 0 Å². The molecule has 1 N–H and O–H groups in total. The first-order chi connectivity index (χ1) is 15.4. The van der Waals surface area contributed by atoms with Crippen molar-refractivity contribution in [2.45, 2.75) is 51.6 Å². The van der Waals surface area contributed by atoms with E-state index in [-0.39, 0.29) is 30.2 Å². The number of anilines is 2. The molecule has 0 spiro atoms. The Morgan fingerprint density at radius 2 is 1.88 bits per heavy atom. The maximum atomic E-state index is 13.5. The van der Waals surface area contributed by atoms with Crippen LogP contribution in [-0.2, 0) is 16.1 Å². The van der Waals surface area contributed by atoms with Crippen LogP contribution in [0.15, 0.2) is 53.3 Å². The molecule has 0 aliphatic heterocycles. The second-order valence-corrected chi connectivity index (χ2v) is 8.49. The Kier molecular flexibility index (Phi) is 6.55. The number of nitrogens with zero attached hydrogens (tertiary/aromatic N) is 3. The summed E-state index contributed by atoms with van der Waals surface area (Å²) < 4.78 is 1.39. The average molecular weight is 453 g/mol. The molecule has 1 aromatic heterocycles. The van der Waals surface area contributed by atoms with E-state index in [1.807, 2.05) is 6.07 Å². The van der Waals surface area contributed by atoms with Crippen LogP contribution in [0.1, 0.15) is 39.0 Å². The Morgan fingerprint density at radius 3 is 2.59 bits per heavy atom. The summed E-state index contributed by atoms with van der Waals surface area (Å²) in [5.41, 5.74) is 1.18. The Bertz CT molecular complexity index is 1220. The SMILES string of the molecule is CC(=O)N(c1nc2ccccc2n(CC(=O)Nc2cccc(Cl)c2)c1=O)C1CCCCC1. The molecule has 1 heterocycles. The molecule has 1 fully saturated rings. The molecule has 0 unspecified atom stereocenters. The predicted octanol–water partition coefficient (Wildman–Crippen LogP) is 4.37. The van der Waals surface area contributed by atoms with Crippen molar-refractivity contribution < 1.29 is 9.59 Å². The maximum absolute atomic E-state index is 13.5. The van der Waals surface area contributed by atoms with E-state index in [0.717, 1.165) is 32.1 Å². The first kappa shape index (κ1) is 22.0. The molecule has 166 valence electrons. The van der Waals surface area contributed by atoms with Crippen molar-refractivity contribution in [3.8, 4) is 0 Å². The summed E-state index contributed by atoms with van der Waals surface area (Å²) in [7, 11) is 0. The lowest BCUT2D eigenvalue weighted by atomic mass is 9.94. The van der Waals surface area contributed by atoms with Crippen molar-refractivity contribution in [1.29, 1.82) is 0 Å². The molecule has 32 heavy (non-hydrogen) atoms. The molecule has 2 amide bonds. The normalized spacial score (nSPS) is 14.3. The highest BCUT2D eigenvalue weighted by Gasteiger charge is 2.29. The van der Waals surface area contributed by atoms with Crippen LogP contribution in [0.2, 0.25) is 5.02 Å². The Morgan fingerprint density at radius 1 is 1.12 bits per heavy atom. The number of hydrogen-bond donors (Lipinski definition) is 1. The number of nitrogens with one attached hydrogen (secondary N) is 1. The molecule has 0 radical (unpaired) electrons. The first-order valence-corrected chi connectivity index (χ1v) is 11.2. The van der Waals surface area contributed by atoms with E-state index >= 15 is 0 Å².